The summed E-state index contributed by atoms with van der Waals surface area (Å²) in [6, 6.07) is 3.19. The highest BCUT2D eigenvalue weighted by Crippen LogP contribution is 2.46. The molecule has 2 aliphatic rings. The maximum atomic E-state index is 12.4. The lowest BCUT2D eigenvalue weighted by molar-refractivity contribution is -0.0466. The molecule has 0 radical (unpaired) electrons. The first kappa shape index (κ1) is 18.7. The lowest BCUT2D eigenvalue weighted by Gasteiger charge is -2.44. The maximum absolute atomic E-state index is 12.4. The molecule has 0 spiro atoms. The molecule has 0 aromatic carbocycles. The van der Waals surface area contributed by atoms with Gasteiger partial charge >= 0.3 is 0 Å². The van der Waals surface area contributed by atoms with E-state index in [4.69, 9.17) is 27.1 Å². The van der Waals surface area contributed by atoms with E-state index in [0.29, 0.717) is 28.5 Å². The van der Waals surface area contributed by atoms with Crippen molar-refractivity contribution in [3.8, 4) is 0 Å². The van der Waals surface area contributed by atoms with Gasteiger partial charge in [0.15, 0.2) is 5.17 Å². The lowest BCUT2D eigenvalue weighted by Crippen LogP contribution is -2.49. The number of fused-ring (bicyclic) bond motifs is 1. The van der Waals surface area contributed by atoms with E-state index in [1.54, 1.807) is 29.3 Å². The largest absolute Gasteiger partial charge is 0.379 e. The van der Waals surface area contributed by atoms with Crippen molar-refractivity contribution in [2.75, 3.05) is 17.7 Å². The van der Waals surface area contributed by atoms with Crippen molar-refractivity contribution in [3.05, 3.63) is 39.4 Å². The molecule has 27 heavy (non-hydrogen) atoms. The van der Waals surface area contributed by atoms with Gasteiger partial charge in [-0.3, -0.25) is 4.79 Å². The number of carbonyl (C=O) groups is 1. The number of nitrogens with one attached hydrogen (secondary N) is 1. The fourth-order valence-electron chi connectivity index (χ4n) is 3.30. The minimum Gasteiger partial charge on any atom is -0.379 e. The molecule has 3 N–H and O–H groups in total. The molecule has 0 saturated carbocycles. The number of anilines is 1. The van der Waals surface area contributed by atoms with E-state index in [2.05, 4.69) is 22.2 Å². The molecule has 3 atom stereocenters. The molecule has 10 heteroatoms. The lowest BCUT2D eigenvalue weighted by atomic mass is 9.80. The van der Waals surface area contributed by atoms with E-state index in [9.17, 15) is 4.79 Å². The Morgan fingerprint density at radius 3 is 3.11 bits per heavy atom. The molecule has 1 fully saturated rings. The van der Waals surface area contributed by atoms with E-state index in [1.807, 2.05) is 0 Å². The summed E-state index contributed by atoms with van der Waals surface area (Å²) < 4.78 is 5.91. The molecule has 142 valence electrons. The second kappa shape index (κ2) is 7.38. The first-order valence-electron chi connectivity index (χ1n) is 8.45. The van der Waals surface area contributed by atoms with Crippen LogP contribution in [0.5, 0.6) is 0 Å². The highest BCUT2D eigenvalue weighted by molar-refractivity contribution is 8.13. The minimum absolute atomic E-state index is 0.188. The number of hydrogen-bond acceptors (Lipinski definition) is 8. The average molecular weight is 424 g/mol. The van der Waals surface area contributed by atoms with Gasteiger partial charge in [-0.1, -0.05) is 23.4 Å². The fourth-order valence-corrected chi connectivity index (χ4v) is 5.38. The summed E-state index contributed by atoms with van der Waals surface area (Å²) in [7, 11) is 0. The summed E-state index contributed by atoms with van der Waals surface area (Å²) in [6.07, 6.45) is 2.53. The molecule has 1 unspecified atom stereocenters. The number of nitrogens with zero attached hydrogens (tertiary/aromatic N) is 3. The van der Waals surface area contributed by atoms with Gasteiger partial charge in [0, 0.05) is 23.2 Å². The zero-order valence-corrected chi connectivity index (χ0v) is 16.9. The minimum atomic E-state index is -0.575. The molecule has 1 saturated heterocycles. The van der Waals surface area contributed by atoms with Crippen LogP contribution in [-0.2, 0) is 10.3 Å². The summed E-state index contributed by atoms with van der Waals surface area (Å²) in [5.74, 6) is 1.31. The number of pyridine rings is 1. The summed E-state index contributed by atoms with van der Waals surface area (Å²) >= 11 is 8.84. The van der Waals surface area contributed by atoms with E-state index in [0.717, 1.165) is 17.2 Å². The summed E-state index contributed by atoms with van der Waals surface area (Å²) in [4.78, 5) is 25.8. The summed E-state index contributed by atoms with van der Waals surface area (Å²) in [6.45, 7) is 2.52. The molecule has 0 bridgehead atoms. The van der Waals surface area contributed by atoms with Gasteiger partial charge in [-0.25, -0.2) is 15.0 Å². The monoisotopic (exact) mass is 423 g/mol. The number of nitrogens with two attached hydrogens (primary N) is 1. The molecule has 1 amide bonds. The second-order valence-corrected chi connectivity index (χ2v) is 8.93. The van der Waals surface area contributed by atoms with Gasteiger partial charge in [0.25, 0.3) is 5.91 Å². The molecular formula is C17H18ClN5O2S2. The van der Waals surface area contributed by atoms with Crippen molar-refractivity contribution in [2.45, 2.75) is 25.0 Å². The third kappa shape index (κ3) is 3.69. The number of thioether (sulfide) groups is 1. The Morgan fingerprint density at radius 1 is 1.48 bits per heavy atom. The van der Waals surface area contributed by atoms with E-state index in [-0.39, 0.29) is 17.7 Å². The van der Waals surface area contributed by atoms with Crippen LogP contribution in [0.15, 0.2) is 28.7 Å². The van der Waals surface area contributed by atoms with Crippen LogP contribution in [0.2, 0.25) is 5.02 Å². The van der Waals surface area contributed by atoms with Crippen LogP contribution in [0, 0.1) is 5.92 Å². The average Bonchev–Trinajstić information content (AvgIpc) is 3.11. The molecule has 2 aliphatic heterocycles. The molecular weight excluding hydrogens is 406 g/mol. The zero-order valence-electron chi connectivity index (χ0n) is 14.5. The molecule has 4 heterocycles. The van der Waals surface area contributed by atoms with Crippen LogP contribution < -0.4 is 11.1 Å². The van der Waals surface area contributed by atoms with Crippen LogP contribution in [0.3, 0.4) is 0 Å². The third-order valence-electron chi connectivity index (χ3n) is 4.70. The number of aliphatic imine (C=N–C) groups is 1. The van der Waals surface area contributed by atoms with Crippen molar-refractivity contribution in [2.24, 2.45) is 16.6 Å². The quantitative estimate of drug-likeness (QED) is 0.786. The maximum Gasteiger partial charge on any atom is 0.275 e. The van der Waals surface area contributed by atoms with Gasteiger partial charge in [-0.15, -0.1) is 11.3 Å². The van der Waals surface area contributed by atoms with Crippen molar-refractivity contribution in [3.63, 3.8) is 0 Å². The van der Waals surface area contributed by atoms with Crippen molar-refractivity contribution < 1.29 is 9.53 Å². The van der Waals surface area contributed by atoms with Gasteiger partial charge in [-0.2, -0.15) is 0 Å². The van der Waals surface area contributed by atoms with Crippen LogP contribution >= 0.6 is 34.7 Å². The highest BCUT2D eigenvalue weighted by atomic mass is 35.5. The van der Waals surface area contributed by atoms with Gasteiger partial charge in [0.1, 0.15) is 22.1 Å². The van der Waals surface area contributed by atoms with Gasteiger partial charge in [-0.05, 0) is 25.5 Å². The van der Waals surface area contributed by atoms with E-state index >= 15 is 0 Å². The summed E-state index contributed by atoms with van der Waals surface area (Å²) in [5.41, 5.74) is 5.72. The summed E-state index contributed by atoms with van der Waals surface area (Å²) in [5, 5.41) is 6.42. The number of rotatable bonds is 3. The van der Waals surface area contributed by atoms with E-state index in [1.165, 1.54) is 17.5 Å². The number of halogens is 1. The first-order valence-corrected chi connectivity index (χ1v) is 10.7. The van der Waals surface area contributed by atoms with Crippen LogP contribution in [0.1, 0.15) is 28.8 Å². The first-order chi connectivity index (χ1) is 13.0. The molecule has 0 aliphatic carbocycles. The predicted octanol–water partition coefficient (Wildman–Crippen LogP) is 3.13. The number of amidine groups is 1. The Hall–Kier alpha value is -1.68. The standard InChI is InChI=1S/C17H18ClN5O2S2/c1-9-4-10-6-27-16(19)23-17(10,8-25-9)15-22-13(7-26-15)21-14(24)12-3-2-11(18)5-20-12/h2-3,5,7,9-10H,4,6,8H2,1H3,(H2,19,23)(H,21,24)/t9-,10-,17?/m0/s1. The van der Waals surface area contributed by atoms with E-state index < -0.39 is 5.54 Å². The van der Waals surface area contributed by atoms with Gasteiger partial charge < -0.3 is 15.8 Å². The fraction of sp³-hybridized carbons (Fsp3) is 0.412. The van der Waals surface area contributed by atoms with Crippen molar-refractivity contribution in [1.82, 2.24) is 9.97 Å². The van der Waals surface area contributed by atoms with Gasteiger partial charge in [0.05, 0.1) is 17.7 Å². The number of thiazole rings is 1. The zero-order chi connectivity index (χ0) is 19.0. The second-order valence-electron chi connectivity index (χ2n) is 6.59. The topological polar surface area (TPSA) is 102 Å². The van der Waals surface area contributed by atoms with Crippen LogP contribution in [0.4, 0.5) is 5.82 Å². The Bertz CT molecular complexity index is 888. The Kier molecular flexibility index (Phi) is 5.11. The van der Waals surface area contributed by atoms with Crippen molar-refractivity contribution >= 4 is 51.6 Å². The number of hydrogen-bond donors (Lipinski definition) is 2. The SMILES string of the molecule is C[C@H]1C[C@H]2CSC(N)=NC2(c2nc(NC(=O)c3ccc(Cl)cn3)cs2)CO1. The highest BCUT2D eigenvalue weighted by Gasteiger charge is 2.49. The predicted molar refractivity (Wildman–Crippen MR) is 109 cm³/mol. The normalized spacial score (nSPS) is 27.6. The number of ether oxygens (including phenoxy) is 1. The molecule has 2 aromatic rings. The Morgan fingerprint density at radius 2 is 2.33 bits per heavy atom. The van der Waals surface area contributed by atoms with Crippen LogP contribution in [0.25, 0.3) is 0 Å². The molecule has 2 aromatic heterocycles. The number of amides is 1. The smallest absolute Gasteiger partial charge is 0.275 e. The van der Waals surface area contributed by atoms with Gasteiger partial charge in [0.2, 0.25) is 0 Å². The molecule has 7 nitrogen and oxygen atoms in total. The van der Waals surface area contributed by atoms with Crippen molar-refractivity contribution in [1.29, 1.82) is 0 Å². The Balaban J connectivity index is 1.58. The number of carbonyl (C=O) groups excluding carboxylic acids is 1. The Labute approximate surface area is 169 Å². The van der Waals surface area contributed by atoms with Crippen LogP contribution in [-0.4, -0.2) is 39.5 Å². The third-order valence-corrected chi connectivity index (χ3v) is 6.89. The number of aromatic nitrogens is 2. The molecule has 4 rings (SSSR count).